The molecule has 0 spiro atoms. The Morgan fingerprint density at radius 3 is 2.78 bits per heavy atom. The smallest absolute Gasteiger partial charge is 0.235 e. The van der Waals surface area contributed by atoms with Crippen molar-refractivity contribution < 1.29 is 9.53 Å². The van der Waals surface area contributed by atoms with Crippen LogP contribution in [0.1, 0.15) is 22.1 Å². The highest BCUT2D eigenvalue weighted by atomic mass is 79.9. The van der Waals surface area contributed by atoms with Gasteiger partial charge in [0.05, 0.1) is 29.5 Å². The van der Waals surface area contributed by atoms with Crippen LogP contribution in [-0.2, 0) is 4.79 Å². The minimum absolute atomic E-state index is 0.0326. The maximum absolute atomic E-state index is 12.4. The normalized spacial score (nSPS) is 16.4. The fourth-order valence-electron chi connectivity index (χ4n) is 3.30. The molecule has 0 aliphatic carbocycles. The van der Waals surface area contributed by atoms with Gasteiger partial charge in [-0.25, -0.2) is 4.68 Å². The Hall–Kier alpha value is -2.25. The van der Waals surface area contributed by atoms with Crippen molar-refractivity contribution in [3.05, 3.63) is 69.8 Å². The lowest BCUT2D eigenvalue weighted by Crippen LogP contribution is -2.15. The minimum Gasteiger partial charge on any atom is -0.496 e. The summed E-state index contributed by atoms with van der Waals surface area (Å²) >= 11 is 5.14. The molecule has 0 saturated heterocycles. The molecular weight excluding hydrogens is 426 g/mol. The molecule has 5 nitrogen and oxygen atoms in total. The molecule has 1 unspecified atom stereocenters. The quantitative estimate of drug-likeness (QED) is 0.635. The summed E-state index contributed by atoms with van der Waals surface area (Å²) in [4.78, 5) is 12.4. The second-order valence-corrected chi connectivity index (χ2v) is 8.23. The van der Waals surface area contributed by atoms with E-state index < -0.39 is 0 Å². The second-order valence-electron chi connectivity index (χ2n) is 6.22. The van der Waals surface area contributed by atoms with Crippen LogP contribution < -0.4 is 10.1 Å². The van der Waals surface area contributed by atoms with E-state index >= 15 is 0 Å². The molecule has 0 bridgehead atoms. The Labute approximate surface area is 170 Å². The summed E-state index contributed by atoms with van der Waals surface area (Å²) in [5.41, 5.74) is 3.82. The van der Waals surface area contributed by atoms with Gasteiger partial charge in [0, 0.05) is 15.6 Å². The number of aromatic nitrogens is 2. The molecule has 27 heavy (non-hydrogen) atoms. The Morgan fingerprint density at radius 1 is 1.26 bits per heavy atom. The number of rotatable bonds is 3. The molecular formula is C20H18BrN3O2S. The fraction of sp³-hybridized carbons (Fsp3) is 0.200. The van der Waals surface area contributed by atoms with Gasteiger partial charge in [0.25, 0.3) is 0 Å². The van der Waals surface area contributed by atoms with E-state index in [1.165, 1.54) is 0 Å². The number of aryl methyl sites for hydroxylation is 1. The molecule has 0 radical (unpaired) electrons. The van der Waals surface area contributed by atoms with Gasteiger partial charge >= 0.3 is 0 Å². The van der Waals surface area contributed by atoms with E-state index in [9.17, 15) is 4.79 Å². The van der Waals surface area contributed by atoms with Gasteiger partial charge in [-0.15, -0.1) is 11.8 Å². The number of methoxy groups -OCH3 is 1. The summed E-state index contributed by atoms with van der Waals surface area (Å²) in [5.74, 6) is 1.85. The first-order valence-electron chi connectivity index (χ1n) is 8.48. The van der Waals surface area contributed by atoms with Crippen molar-refractivity contribution in [3.8, 4) is 11.4 Å². The zero-order chi connectivity index (χ0) is 19.0. The number of carbonyl (C=O) groups excluding carboxylic acids is 1. The van der Waals surface area contributed by atoms with Crippen molar-refractivity contribution in [3.63, 3.8) is 0 Å². The van der Waals surface area contributed by atoms with Gasteiger partial charge in [0.1, 0.15) is 11.6 Å². The van der Waals surface area contributed by atoms with Crippen molar-refractivity contribution in [1.29, 1.82) is 0 Å². The first-order valence-corrected chi connectivity index (χ1v) is 10.3. The highest BCUT2D eigenvalue weighted by molar-refractivity contribution is 9.10. The van der Waals surface area contributed by atoms with Crippen LogP contribution in [0.5, 0.6) is 5.75 Å². The van der Waals surface area contributed by atoms with Crippen LogP contribution in [0.15, 0.2) is 53.0 Å². The Morgan fingerprint density at radius 2 is 2.04 bits per heavy atom. The number of carbonyl (C=O) groups is 1. The van der Waals surface area contributed by atoms with Crippen LogP contribution in [0.3, 0.4) is 0 Å². The van der Waals surface area contributed by atoms with Crippen molar-refractivity contribution in [1.82, 2.24) is 9.78 Å². The average molecular weight is 444 g/mol. The largest absolute Gasteiger partial charge is 0.496 e. The molecule has 1 N–H and O–H groups in total. The first kappa shape index (κ1) is 18.1. The van der Waals surface area contributed by atoms with Crippen LogP contribution in [0.4, 0.5) is 5.82 Å². The van der Waals surface area contributed by atoms with Crippen molar-refractivity contribution in [2.45, 2.75) is 12.2 Å². The highest BCUT2D eigenvalue weighted by Gasteiger charge is 2.32. The number of ether oxygens (including phenoxy) is 1. The Kier molecular flexibility index (Phi) is 4.97. The zero-order valence-electron chi connectivity index (χ0n) is 14.9. The number of nitrogens with zero attached hydrogens (tertiary/aromatic N) is 2. The number of anilines is 1. The second kappa shape index (κ2) is 7.40. The lowest BCUT2D eigenvalue weighted by Gasteiger charge is -2.18. The minimum atomic E-state index is -0.0659. The molecule has 1 aromatic heterocycles. The molecule has 0 saturated carbocycles. The average Bonchev–Trinajstić information content (AvgIpc) is 2.88. The lowest BCUT2D eigenvalue weighted by atomic mass is 10.0. The number of nitrogens with one attached hydrogen (secondary N) is 1. The summed E-state index contributed by atoms with van der Waals surface area (Å²) in [6.07, 6.45) is 0. The summed E-state index contributed by atoms with van der Waals surface area (Å²) in [6, 6.07) is 15.8. The van der Waals surface area contributed by atoms with E-state index in [2.05, 4.69) is 27.3 Å². The molecule has 1 aliphatic heterocycles. The third-order valence-electron chi connectivity index (χ3n) is 4.48. The molecule has 0 fully saturated rings. The van der Waals surface area contributed by atoms with Crippen LogP contribution >= 0.6 is 27.7 Å². The van der Waals surface area contributed by atoms with E-state index in [4.69, 9.17) is 9.84 Å². The Balaban J connectivity index is 1.93. The van der Waals surface area contributed by atoms with Crippen LogP contribution in [0, 0.1) is 6.92 Å². The topological polar surface area (TPSA) is 56.1 Å². The predicted molar refractivity (Wildman–Crippen MR) is 112 cm³/mol. The number of hydrogen-bond donors (Lipinski definition) is 1. The number of thioether (sulfide) groups is 1. The number of benzene rings is 2. The molecule has 1 atom stereocenters. The van der Waals surface area contributed by atoms with E-state index in [-0.39, 0.29) is 11.2 Å². The predicted octanol–water partition coefficient (Wildman–Crippen LogP) is 4.73. The number of amides is 1. The van der Waals surface area contributed by atoms with Gasteiger partial charge in [0.15, 0.2) is 0 Å². The fourth-order valence-corrected chi connectivity index (χ4v) is 4.88. The van der Waals surface area contributed by atoms with E-state index in [0.717, 1.165) is 38.5 Å². The molecule has 2 heterocycles. The molecule has 4 rings (SSSR count). The van der Waals surface area contributed by atoms with Crippen LogP contribution in [0.25, 0.3) is 5.69 Å². The molecule has 7 heteroatoms. The van der Waals surface area contributed by atoms with Gasteiger partial charge in [0.2, 0.25) is 5.91 Å². The maximum Gasteiger partial charge on any atom is 0.235 e. The van der Waals surface area contributed by atoms with Gasteiger partial charge in [-0.05, 0) is 37.3 Å². The van der Waals surface area contributed by atoms with Gasteiger partial charge in [-0.1, -0.05) is 34.1 Å². The molecule has 138 valence electrons. The summed E-state index contributed by atoms with van der Waals surface area (Å²) in [6.45, 7) is 1.98. The van der Waals surface area contributed by atoms with E-state index in [1.54, 1.807) is 18.9 Å². The van der Waals surface area contributed by atoms with Crippen molar-refractivity contribution >= 4 is 39.4 Å². The molecule has 1 aliphatic rings. The standard InChI is InChI=1S/C20H18BrN3O2S/c1-12-18-19(15-10-13(21)8-9-16(15)26-2)27-11-17(25)22-20(18)24(23-12)14-6-4-3-5-7-14/h3-10,19H,11H2,1-2H3,(H,22,25). The SMILES string of the molecule is COc1ccc(Br)cc1C1SCC(=O)Nc2c1c(C)nn2-c1ccccc1. The summed E-state index contributed by atoms with van der Waals surface area (Å²) in [7, 11) is 1.67. The lowest BCUT2D eigenvalue weighted by molar-refractivity contribution is -0.113. The number of halogens is 1. The zero-order valence-corrected chi connectivity index (χ0v) is 17.3. The highest BCUT2D eigenvalue weighted by Crippen LogP contribution is 2.47. The van der Waals surface area contributed by atoms with Crippen LogP contribution in [0.2, 0.25) is 0 Å². The molecule has 3 aromatic rings. The third-order valence-corrected chi connectivity index (χ3v) is 6.23. The molecule has 2 aromatic carbocycles. The Bertz CT molecular complexity index is 1000. The monoisotopic (exact) mass is 443 g/mol. The van der Waals surface area contributed by atoms with Gasteiger partial charge < -0.3 is 10.1 Å². The van der Waals surface area contributed by atoms with Gasteiger partial charge in [-0.2, -0.15) is 5.10 Å². The first-order chi connectivity index (χ1) is 13.1. The van der Waals surface area contributed by atoms with E-state index in [1.807, 2.05) is 54.1 Å². The number of para-hydroxylation sites is 1. The van der Waals surface area contributed by atoms with Crippen molar-refractivity contribution in [2.75, 3.05) is 18.2 Å². The maximum atomic E-state index is 12.4. The number of hydrogen-bond acceptors (Lipinski definition) is 4. The summed E-state index contributed by atoms with van der Waals surface area (Å²) < 4.78 is 8.38. The molecule has 1 amide bonds. The van der Waals surface area contributed by atoms with Crippen LogP contribution in [-0.4, -0.2) is 28.6 Å². The van der Waals surface area contributed by atoms with E-state index in [0.29, 0.717) is 5.75 Å². The van der Waals surface area contributed by atoms with Gasteiger partial charge in [-0.3, -0.25) is 4.79 Å². The number of fused-ring (bicyclic) bond motifs is 1. The van der Waals surface area contributed by atoms with Crippen molar-refractivity contribution in [2.24, 2.45) is 0 Å². The third kappa shape index (κ3) is 3.37. The summed E-state index contributed by atoms with van der Waals surface area (Å²) in [5, 5.41) is 7.71.